The quantitative estimate of drug-likeness (QED) is 0.762. The van der Waals surface area contributed by atoms with Gasteiger partial charge in [0.15, 0.2) is 5.78 Å². The molecule has 0 heterocycles. The molecule has 0 saturated heterocycles. The molecule has 0 aliphatic heterocycles. The highest BCUT2D eigenvalue weighted by molar-refractivity contribution is 9.10. The van der Waals surface area contributed by atoms with Crippen molar-refractivity contribution in [3.8, 4) is 0 Å². The Balaban J connectivity index is 2.28. The topological polar surface area (TPSA) is 17.1 Å². The third-order valence-electron chi connectivity index (χ3n) is 2.79. The number of halogens is 3. The van der Waals surface area contributed by atoms with Gasteiger partial charge in [0.25, 0.3) is 0 Å². The van der Waals surface area contributed by atoms with Crippen LogP contribution in [0.2, 0.25) is 0 Å². The third-order valence-corrected chi connectivity index (χ3v) is 3.48. The Bertz CT molecular complexity index is 638. The van der Waals surface area contributed by atoms with Crippen LogP contribution < -0.4 is 0 Å². The molecule has 98 valence electrons. The lowest BCUT2D eigenvalue weighted by atomic mass is 10.0. The summed E-state index contributed by atoms with van der Waals surface area (Å²) in [4.78, 5) is 12.1. The Morgan fingerprint density at radius 2 is 1.89 bits per heavy atom. The standard InChI is InChI=1S/C15H11BrF2O/c1-9-2-5-13(16)12(6-9)15(19)7-10-3-4-11(17)8-14(10)18/h2-6,8H,7H2,1H3. The minimum Gasteiger partial charge on any atom is -0.294 e. The summed E-state index contributed by atoms with van der Waals surface area (Å²) in [6, 6.07) is 8.63. The number of hydrogen-bond donors (Lipinski definition) is 0. The maximum atomic E-state index is 13.5. The van der Waals surface area contributed by atoms with E-state index in [1.54, 1.807) is 12.1 Å². The molecule has 0 N–H and O–H groups in total. The summed E-state index contributed by atoms with van der Waals surface area (Å²) in [5, 5.41) is 0. The predicted octanol–water partition coefficient (Wildman–Crippen LogP) is 4.46. The van der Waals surface area contributed by atoms with E-state index in [4.69, 9.17) is 0 Å². The Hall–Kier alpha value is -1.55. The molecule has 4 heteroatoms. The maximum absolute atomic E-state index is 13.5. The van der Waals surface area contributed by atoms with Crippen molar-refractivity contribution < 1.29 is 13.6 Å². The van der Waals surface area contributed by atoms with Gasteiger partial charge in [-0.05, 0) is 30.7 Å². The highest BCUT2D eigenvalue weighted by atomic mass is 79.9. The highest BCUT2D eigenvalue weighted by Gasteiger charge is 2.14. The van der Waals surface area contributed by atoms with Gasteiger partial charge in [-0.2, -0.15) is 0 Å². The molecule has 0 aliphatic carbocycles. The molecular formula is C15H11BrF2O. The molecular weight excluding hydrogens is 314 g/mol. The van der Waals surface area contributed by atoms with Gasteiger partial charge in [0.2, 0.25) is 0 Å². The van der Waals surface area contributed by atoms with E-state index in [2.05, 4.69) is 15.9 Å². The maximum Gasteiger partial charge on any atom is 0.168 e. The van der Waals surface area contributed by atoms with Gasteiger partial charge in [0, 0.05) is 22.5 Å². The van der Waals surface area contributed by atoms with Crippen LogP contribution in [0.1, 0.15) is 21.5 Å². The van der Waals surface area contributed by atoms with Crippen LogP contribution in [0.3, 0.4) is 0 Å². The van der Waals surface area contributed by atoms with Crippen molar-refractivity contribution in [3.05, 3.63) is 69.2 Å². The van der Waals surface area contributed by atoms with E-state index in [1.807, 2.05) is 13.0 Å². The van der Waals surface area contributed by atoms with Crippen LogP contribution in [0, 0.1) is 18.6 Å². The molecule has 0 spiro atoms. The van der Waals surface area contributed by atoms with E-state index in [-0.39, 0.29) is 17.8 Å². The number of rotatable bonds is 3. The summed E-state index contributed by atoms with van der Waals surface area (Å²) in [5.41, 5.74) is 1.65. The van der Waals surface area contributed by atoms with Crippen molar-refractivity contribution in [2.45, 2.75) is 13.3 Å². The van der Waals surface area contributed by atoms with Gasteiger partial charge in [-0.1, -0.05) is 33.6 Å². The van der Waals surface area contributed by atoms with Crippen molar-refractivity contribution in [1.82, 2.24) is 0 Å². The molecule has 19 heavy (non-hydrogen) atoms. The molecule has 0 saturated carbocycles. The number of aryl methyl sites for hydroxylation is 1. The summed E-state index contributed by atoms with van der Waals surface area (Å²) >= 11 is 3.30. The van der Waals surface area contributed by atoms with E-state index in [0.29, 0.717) is 10.0 Å². The molecule has 0 radical (unpaired) electrons. The first-order valence-electron chi connectivity index (χ1n) is 5.70. The smallest absolute Gasteiger partial charge is 0.168 e. The van der Waals surface area contributed by atoms with Gasteiger partial charge in [0.05, 0.1) is 0 Å². The van der Waals surface area contributed by atoms with Crippen LogP contribution >= 0.6 is 15.9 Å². The second-order valence-corrected chi connectivity index (χ2v) is 5.17. The first-order valence-corrected chi connectivity index (χ1v) is 6.50. The lowest BCUT2D eigenvalue weighted by Gasteiger charge is -2.06. The van der Waals surface area contributed by atoms with Crippen molar-refractivity contribution in [2.24, 2.45) is 0 Å². The molecule has 0 unspecified atom stereocenters. The van der Waals surface area contributed by atoms with Crippen LogP contribution in [0.15, 0.2) is 40.9 Å². The Kier molecular flexibility index (Phi) is 4.10. The molecule has 0 aliphatic rings. The van der Waals surface area contributed by atoms with E-state index in [9.17, 15) is 13.6 Å². The molecule has 2 aromatic carbocycles. The number of benzene rings is 2. The summed E-state index contributed by atoms with van der Waals surface area (Å²) < 4.78 is 27.0. The van der Waals surface area contributed by atoms with Crippen molar-refractivity contribution in [3.63, 3.8) is 0 Å². The number of hydrogen-bond acceptors (Lipinski definition) is 1. The molecule has 0 bridgehead atoms. The fraction of sp³-hybridized carbons (Fsp3) is 0.133. The molecule has 0 atom stereocenters. The normalized spacial score (nSPS) is 10.5. The van der Waals surface area contributed by atoms with Gasteiger partial charge >= 0.3 is 0 Å². The Morgan fingerprint density at radius 1 is 1.16 bits per heavy atom. The van der Waals surface area contributed by atoms with E-state index < -0.39 is 11.6 Å². The first-order chi connectivity index (χ1) is 8.97. The van der Waals surface area contributed by atoms with Gasteiger partial charge in [-0.15, -0.1) is 0 Å². The number of carbonyl (C=O) groups excluding carboxylic acids is 1. The average molecular weight is 325 g/mol. The highest BCUT2D eigenvalue weighted by Crippen LogP contribution is 2.21. The second kappa shape index (κ2) is 5.61. The summed E-state index contributed by atoms with van der Waals surface area (Å²) in [6.45, 7) is 1.88. The average Bonchev–Trinajstić information content (AvgIpc) is 2.35. The molecule has 0 aromatic heterocycles. The summed E-state index contributed by atoms with van der Waals surface area (Å²) in [6.07, 6.45) is -0.0891. The van der Waals surface area contributed by atoms with Gasteiger partial charge in [-0.3, -0.25) is 4.79 Å². The van der Waals surface area contributed by atoms with Crippen LogP contribution in [-0.2, 0) is 6.42 Å². The summed E-state index contributed by atoms with van der Waals surface area (Å²) in [5.74, 6) is -1.55. The van der Waals surface area contributed by atoms with Crippen molar-refractivity contribution in [1.29, 1.82) is 0 Å². The van der Waals surface area contributed by atoms with Gasteiger partial charge in [0.1, 0.15) is 11.6 Å². The number of ketones is 1. The van der Waals surface area contributed by atoms with E-state index in [0.717, 1.165) is 17.7 Å². The van der Waals surface area contributed by atoms with Crippen LogP contribution in [-0.4, -0.2) is 5.78 Å². The largest absolute Gasteiger partial charge is 0.294 e. The van der Waals surface area contributed by atoms with Crippen LogP contribution in [0.5, 0.6) is 0 Å². The molecule has 0 fully saturated rings. The molecule has 0 amide bonds. The van der Waals surface area contributed by atoms with Crippen molar-refractivity contribution in [2.75, 3.05) is 0 Å². The zero-order chi connectivity index (χ0) is 14.0. The molecule has 2 aromatic rings. The summed E-state index contributed by atoms with van der Waals surface area (Å²) in [7, 11) is 0. The molecule has 2 rings (SSSR count). The predicted molar refractivity (Wildman–Crippen MR) is 73.3 cm³/mol. The van der Waals surface area contributed by atoms with Crippen molar-refractivity contribution >= 4 is 21.7 Å². The lowest BCUT2D eigenvalue weighted by molar-refractivity contribution is 0.0991. The number of carbonyl (C=O) groups is 1. The first kappa shape index (κ1) is 13.9. The Morgan fingerprint density at radius 3 is 2.58 bits per heavy atom. The van der Waals surface area contributed by atoms with E-state index >= 15 is 0 Å². The third kappa shape index (κ3) is 3.26. The zero-order valence-corrected chi connectivity index (χ0v) is 11.8. The van der Waals surface area contributed by atoms with Gasteiger partial charge < -0.3 is 0 Å². The minimum absolute atomic E-state index is 0.0891. The SMILES string of the molecule is Cc1ccc(Br)c(C(=O)Cc2ccc(F)cc2F)c1. The second-order valence-electron chi connectivity index (χ2n) is 4.32. The number of Topliss-reactive ketones (excluding diaryl/α,β-unsaturated/α-hetero) is 1. The fourth-order valence-electron chi connectivity index (χ4n) is 1.79. The lowest BCUT2D eigenvalue weighted by Crippen LogP contribution is -2.06. The zero-order valence-electron chi connectivity index (χ0n) is 10.2. The van der Waals surface area contributed by atoms with Crippen LogP contribution in [0.4, 0.5) is 8.78 Å². The van der Waals surface area contributed by atoms with E-state index in [1.165, 1.54) is 6.07 Å². The molecule has 1 nitrogen and oxygen atoms in total. The Labute approximate surface area is 118 Å². The van der Waals surface area contributed by atoms with Crippen LogP contribution in [0.25, 0.3) is 0 Å². The monoisotopic (exact) mass is 324 g/mol. The minimum atomic E-state index is -0.697. The van der Waals surface area contributed by atoms with Gasteiger partial charge in [-0.25, -0.2) is 8.78 Å². The fourth-order valence-corrected chi connectivity index (χ4v) is 2.25.